The molecule has 0 fully saturated rings. The first-order chi connectivity index (χ1) is 13.2. The number of aryl methyl sites for hydroxylation is 1. The van der Waals surface area contributed by atoms with Crippen LogP contribution in [0, 0.1) is 6.92 Å². The van der Waals surface area contributed by atoms with E-state index in [-0.39, 0.29) is 17.3 Å². The van der Waals surface area contributed by atoms with Gasteiger partial charge in [0.1, 0.15) is 0 Å². The van der Waals surface area contributed by atoms with Crippen LogP contribution in [0.25, 0.3) is 0 Å². The predicted molar refractivity (Wildman–Crippen MR) is 107 cm³/mol. The fraction of sp³-hybridized carbons (Fsp3) is 0.211. The van der Waals surface area contributed by atoms with Gasteiger partial charge in [0.15, 0.2) is 0 Å². The lowest BCUT2D eigenvalue weighted by atomic mass is 10.2. The molecule has 0 aliphatic carbocycles. The zero-order valence-electron chi connectivity index (χ0n) is 15.8. The molecule has 0 aromatic heterocycles. The van der Waals surface area contributed by atoms with Gasteiger partial charge in [0.05, 0.1) is 17.7 Å². The molecule has 0 heterocycles. The van der Waals surface area contributed by atoms with Crippen molar-refractivity contribution in [3.8, 4) is 0 Å². The summed E-state index contributed by atoms with van der Waals surface area (Å²) in [6.45, 7) is 2.91. The number of anilines is 1. The number of sulfonamides is 1. The minimum Gasteiger partial charge on any atom is -0.326 e. The molecule has 0 saturated heterocycles. The van der Waals surface area contributed by atoms with Crippen molar-refractivity contribution in [3.63, 3.8) is 0 Å². The van der Waals surface area contributed by atoms with Crippen LogP contribution in [0.2, 0.25) is 0 Å². The van der Waals surface area contributed by atoms with Gasteiger partial charge in [-0.3, -0.25) is 9.59 Å². The Labute approximate surface area is 164 Å². The van der Waals surface area contributed by atoms with E-state index in [0.29, 0.717) is 11.3 Å². The number of nitrogens with one attached hydrogen (secondary N) is 2. The largest absolute Gasteiger partial charge is 0.326 e. The van der Waals surface area contributed by atoms with Crippen LogP contribution in [0.3, 0.4) is 0 Å². The number of hydrazone groups is 1. The quantitative estimate of drug-likeness (QED) is 0.543. The number of benzene rings is 2. The number of rotatable bonds is 7. The number of hydrogen-bond acceptors (Lipinski definition) is 5. The Balaban J connectivity index is 1.91. The number of carbonyl (C=O) groups is 2. The number of nitrogens with zero attached hydrogens (tertiary/aromatic N) is 2. The SMILES string of the molecule is CC(=O)Nc1ccc(/C=N/NC(=O)CN(C)S(=O)(=O)c2ccc(C)cc2)cc1. The van der Waals surface area contributed by atoms with Gasteiger partial charge >= 0.3 is 0 Å². The van der Waals surface area contributed by atoms with E-state index in [9.17, 15) is 18.0 Å². The zero-order valence-corrected chi connectivity index (χ0v) is 16.7. The van der Waals surface area contributed by atoms with Crippen molar-refractivity contribution in [1.82, 2.24) is 9.73 Å². The lowest BCUT2D eigenvalue weighted by Gasteiger charge is -2.16. The second-order valence-electron chi connectivity index (χ2n) is 6.17. The van der Waals surface area contributed by atoms with Crippen molar-refractivity contribution in [2.24, 2.45) is 5.10 Å². The van der Waals surface area contributed by atoms with E-state index >= 15 is 0 Å². The highest BCUT2D eigenvalue weighted by molar-refractivity contribution is 7.89. The van der Waals surface area contributed by atoms with Gasteiger partial charge in [-0.1, -0.05) is 29.8 Å². The number of carbonyl (C=O) groups excluding carboxylic acids is 2. The highest BCUT2D eigenvalue weighted by Gasteiger charge is 2.22. The number of amides is 2. The van der Waals surface area contributed by atoms with Gasteiger partial charge < -0.3 is 5.32 Å². The Hall–Kier alpha value is -3.04. The molecule has 0 spiro atoms. The van der Waals surface area contributed by atoms with E-state index in [1.165, 1.54) is 32.3 Å². The minimum absolute atomic E-state index is 0.121. The first-order valence-electron chi connectivity index (χ1n) is 8.41. The highest BCUT2D eigenvalue weighted by atomic mass is 32.2. The topological polar surface area (TPSA) is 108 Å². The molecular weight excluding hydrogens is 380 g/mol. The van der Waals surface area contributed by atoms with Gasteiger partial charge in [0.2, 0.25) is 15.9 Å². The molecule has 0 saturated carbocycles. The smallest absolute Gasteiger partial charge is 0.255 e. The molecule has 2 rings (SSSR count). The van der Waals surface area contributed by atoms with Gasteiger partial charge in [-0.15, -0.1) is 0 Å². The molecular formula is C19H22N4O4S. The van der Waals surface area contributed by atoms with E-state index < -0.39 is 15.9 Å². The summed E-state index contributed by atoms with van der Waals surface area (Å²) >= 11 is 0. The summed E-state index contributed by atoms with van der Waals surface area (Å²) in [6, 6.07) is 13.2. The van der Waals surface area contributed by atoms with Crippen LogP contribution in [-0.4, -0.2) is 44.3 Å². The third kappa shape index (κ3) is 6.00. The zero-order chi connectivity index (χ0) is 20.7. The third-order valence-electron chi connectivity index (χ3n) is 3.73. The molecule has 0 atom stereocenters. The van der Waals surface area contributed by atoms with Gasteiger partial charge in [-0.2, -0.15) is 9.41 Å². The van der Waals surface area contributed by atoms with Gasteiger partial charge in [0, 0.05) is 19.7 Å². The Kier molecular flexibility index (Phi) is 7.02. The van der Waals surface area contributed by atoms with Crippen LogP contribution in [0.1, 0.15) is 18.1 Å². The average Bonchev–Trinajstić information content (AvgIpc) is 2.63. The van der Waals surface area contributed by atoms with Crippen molar-refractivity contribution in [3.05, 3.63) is 59.7 Å². The first-order valence-corrected chi connectivity index (χ1v) is 9.85. The Morgan fingerprint density at radius 1 is 1.07 bits per heavy atom. The Morgan fingerprint density at radius 2 is 1.68 bits per heavy atom. The lowest BCUT2D eigenvalue weighted by Crippen LogP contribution is -2.36. The molecule has 0 unspecified atom stereocenters. The van der Waals surface area contributed by atoms with Crippen LogP contribution < -0.4 is 10.7 Å². The van der Waals surface area contributed by atoms with E-state index in [1.807, 2.05) is 6.92 Å². The standard InChI is InChI=1S/C19H22N4O4S/c1-14-4-10-18(11-5-14)28(26,27)23(3)13-19(25)22-20-12-16-6-8-17(9-7-16)21-15(2)24/h4-12H,13H2,1-3H3,(H,21,24)(H,22,25)/b20-12+. The molecule has 9 heteroatoms. The predicted octanol–water partition coefficient (Wildman–Crippen LogP) is 1.72. The van der Waals surface area contributed by atoms with Crippen LogP contribution in [0.15, 0.2) is 58.5 Å². The number of likely N-dealkylation sites (N-methyl/N-ethyl adjacent to an activating group) is 1. The monoisotopic (exact) mass is 402 g/mol. The first kappa shape index (κ1) is 21.3. The Bertz CT molecular complexity index is 968. The van der Waals surface area contributed by atoms with Gasteiger partial charge in [0.25, 0.3) is 5.91 Å². The maximum atomic E-state index is 12.5. The van der Waals surface area contributed by atoms with Crippen molar-refractivity contribution in [2.45, 2.75) is 18.7 Å². The molecule has 28 heavy (non-hydrogen) atoms. The van der Waals surface area contributed by atoms with E-state index in [1.54, 1.807) is 36.4 Å². The Morgan fingerprint density at radius 3 is 2.25 bits per heavy atom. The van der Waals surface area contributed by atoms with Crippen molar-refractivity contribution >= 4 is 33.7 Å². The summed E-state index contributed by atoms with van der Waals surface area (Å²) in [6.07, 6.45) is 1.42. The van der Waals surface area contributed by atoms with E-state index in [2.05, 4.69) is 15.8 Å². The molecule has 2 aromatic carbocycles. The highest BCUT2D eigenvalue weighted by Crippen LogP contribution is 2.14. The molecule has 0 bridgehead atoms. The molecule has 0 aliphatic rings. The summed E-state index contributed by atoms with van der Waals surface area (Å²) in [5.41, 5.74) is 4.59. The summed E-state index contributed by atoms with van der Waals surface area (Å²) in [5.74, 6) is -0.734. The molecule has 2 N–H and O–H groups in total. The summed E-state index contributed by atoms with van der Waals surface area (Å²) < 4.78 is 25.9. The lowest BCUT2D eigenvalue weighted by molar-refractivity contribution is -0.121. The summed E-state index contributed by atoms with van der Waals surface area (Å²) in [7, 11) is -2.42. The van der Waals surface area contributed by atoms with Crippen molar-refractivity contribution in [2.75, 3.05) is 18.9 Å². The maximum Gasteiger partial charge on any atom is 0.255 e. The van der Waals surface area contributed by atoms with Crippen molar-refractivity contribution in [1.29, 1.82) is 0 Å². The van der Waals surface area contributed by atoms with Crippen LogP contribution in [0.5, 0.6) is 0 Å². The van der Waals surface area contributed by atoms with Crippen LogP contribution in [-0.2, 0) is 19.6 Å². The van der Waals surface area contributed by atoms with Gasteiger partial charge in [-0.25, -0.2) is 13.8 Å². The van der Waals surface area contributed by atoms with Crippen molar-refractivity contribution < 1.29 is 18.0 Å². The number of hydrogen-bond donors (Lipinski definition) is 2. The third-order valence-corrected chi connectivity index (χ3v) is 5.55. The second kappa shape index (κ2) is 9.25. The fourth-order valence-corrected chi connectivity index (χ4v) is 3.37. The summed E-state index contributed by atoms with van der Waals surface area (Å²) in [4.78, 5) is 23.1. The average molecular weight is 402 g/mol. The maximum absolute atomic E-state index is 12.5. The normalized spacial score (nSPS) is 11.6. The minimum atomic E-state index is -3.76. The van der Waals surface area contributed by atoms with E-state index in [4.69, 9.17) is 0 Å². The molecule has 148 valence electrons. The van der Waals surface area contributed by atoms with E-state index in [0.717, 1.165) is 9.87 Å². The molecule has 0 aliphatic heterocycles. The van der Waals surface area contributed by atoms with Crippen LogP contribution in [0.4, 0.5) is 5.69 Å². The second-order valence-corrected chi connectivity index (χ2v) is 8.22. The molecule has 2 amide bonds. The molecule has 0 radical (unpaired) electrons. The van der Waals surface area contributed by atoms with Gasteiger partial charge in [-0.05, 0) is 36.8 Å². The molecule has 8 nitrogen and oxygen atoms in total. The fourth-order valence-electron chi connectivity index (χ4n) is 2.25. The van der Waals surface area contributed by atoms with Crippen LogP contribution >= 0.6 is 0 Å². The molecule has 2 aromatic rings. The summed E-state index contributed by atoms with van der Waals surface area (Å²) in [5, 5.41) is 6.46.